The molecule has 0 radical (unpaired) electrons. The molecule has 0 saturated carbocycles. The van der Waals surface area contributed by atoms with Crippen LogP contribution in [0.4, 0.5) is 17.1 Å². The van der Waals surface area contributed by atoms with Crippen LogP contribution in [0.2, 0.25) is 0 Å². The summed E-state index contributed by atoms with van der Waals surface area (Å²) in [5.74, 6) is 0. The van der Waals surface area contributed by atoms with Gasteiger partial charge in [0.2, 0.25) is 0 Å². The van der Waals surface area contributed by atoms with E-state index in [1.165, 1.54) is 60.1 Å². The quantitative estimate of drug-likeness (QED) is 0.160. The van der Waals surface area contributed by atoms with Crippen molar-refractivity contribution in [3.05, 3.63) is 237 Å². The molecule has 0 spiro atoms. The second kappa shape index (κ2) is 14.8. The molecule has 0 aliphatic rings. The van der Waals surface area contributed by atoms with E-state index in [1.807, 2.05) is 0 Å². The van der Waals surface area contributed by atoms with Gasteiger partial charge in [0, 0.05) is 27.7 Å². The summed E-state index contributed by atoms with van der Waals surface area (Å²) in [7, 11) is 0. The highest BCUT2D eigenvalue weighted by Gasteiger charge is 2.22. The zero-order valence-corrected chi connectivity index (χ0v) is 33.9. The van der Waals surface area contributed by atoms with E-state index in [2.05, 4.69) is 241 Å². The normalized spacial score (nSPS) is 11.5. The van der Waals surface area contributed by atoms with Crippen LogP contribution >= 0.6 is 0 Å². The first kappa shape index (κ1) is 35.7. The number of fused-ring (bicyclic) bond motifs is 7. The fourth-order valence-corrected chi connectivity index (χ4v) is 9.28. The van der Waals surface area contributed by atoms with Crippen LogP contribution in [0.15, 0.2) is 241 Å². The monoisotopic (exact) mass is 789 g/mol. The predicted molar refractivity (Wildman–Crippen MR) is 263 cm³/mol. The maximum absolute atomic E-state index is 7.14. The fraction of sp³-hybridized carbons (Fsp3) is 0. The fourth-order valence-electron chi connectivity index (χ4n) is 9.28. The number of nitrogens with zero attached hydrogens (tertiary/aromatic N) is 1. The van der Waals surface area contributed by atoms with E-state index in [9.17, 15) is 0 Å². The Bertz CT molecular complexity index is 3610. The van der Waals surface area contributed by atoms with Gasteiger partial charge in [0.25, 0.3) is 0 Å². The lowest BCUT2D eigenvalue weighted by Gasteiger charge is -2.26. The summed E-state index contributed by atoms with van der Waals surface area (Å²) in [6.07, 6.45) is 0. The molecule has 2 heteroatoms. The lowest BCUT2D eigenvalue weighted by Crippen LogP contribution is -2.10. The minimum atomic E-state index is 0.852. The van der Waals surface area contributed by atoms with Crippen molar-refractivity contribution in [1.82, 2.24) is 0 Å². The molecule has 0 aliphatic heterocycles. The smallest absolute Gasteiger partial charge is 0.159 e. The highest BCUT2D eigenvalue weighted by molar-refractivity contribution is 6.24. The average Bonchev–Trinajstić information content (AvgIpc) is 3.75. The molecule has 290 valence electrons. The van der Waals surface area contributed by atoms with Gasteiger partial charge in [0.05, 0.1) is 5.69 Å². The van der Waals surface area contributed by atoms with Gasteiger partial charge in [-0.15, -0.1) is 0 Å². The number of hydrogen-bond donors (Lipinski definition) is 0. The number of anilines is 3. The third-order valence-electron chi connectivity index (χ3n) is 12.4. The molecule has 11 aromatic carbocycles. The van der Waals surface area contributed by atoms with Crippen LogP contribution < -0.4 is 4.90 Å². The van der Waals surface area contributed by atoms with Crippen LogP contribution in [0.5, 0.6) is 0 Å². The van der Waals surface area contributed by atoms with Gasteiger partial charge in [0.1, 0.15) is 5.58 Å². The zero-order valence-electron chi connectivity index (χ0n) is 33.9. The van der Waals surface area contributed by atoms with E-state index >= 15 is 0 Å². The molecule has 0 saturated heterocycles. The van der Waals surface area contributed by atoms with Crippen molar-refractivity contribution in [1.29, 1.82) is 0 Å². The Morgan fingerprint density at radius 2 is 0.726 bits per heavy atom. The van der Waals surface area contributed by atoms with Crippen LogP contribution in [-0.4, -0.2) is 0 Å². The van der Waals surface area contributed by atoms with Gasteiger partial charge in [0.15, 0.2) is 5.58 Å². The van der Waals surface area contributed by atoms with Gasteiger partial charge >= 0.3 is 0 Å². The molecule has 0 aliphatic carbocycles. The molecule has 62 heavy (non-hydrogen) atoms. The molecule has 0 atom stereocenters. The van der Waals surface area contributed by atoms with Crippen molar-refractivity contribution in [3.63, 3.8) is 0 Å². The largest absolute Gasteiger partial charge is 0.453 e. The van der Waals surface area contributed by atoms with Crippen LogP contribution in [0.1, 0.15) is 0 Å². The zero-order chi connectivity index (χ0) is 41.0. The summed E-state index contributed by atoms with van der Waals surface area (Å²) in [5, 5.41) is 9.55. The van der Waals surface area contributed by atoms with E-state index in [-0.39, 0.29) is 0 Å². The first-order valence-corrected chi connectivity index (χ1v) is 21.2. The van der Waals surface area contributed by atoms with Gasteiger partial charge in [-0.1, -0.05) is 182 Å². The molecule has 0 unspecified atom stereocenters. The number of rotatable bonds is 7. The highest BCUT2D eigenvalue weighted by Crippen LogP contribution is 2.47. The molecular formula is C60H39NO. The predicted octanol–water partition coefficient (Wildman–Crippen LogP) is 17.2. The molecule has 0 N–H and O–H groups in total. The summed E-state index contributed by atoms with van der Waals surface area (Å²) >= 11 is 0. The molecule has 0 amide bonds. The molecule has 12 aromatic rings. The van der Waals surface area contributed by atoms with Crippen molar-refractivity contribution in [2.24, 2.45) is 0 Å². The number of hydrogen-bond acceptors (Lipinski definition) is 2. The van der Waals surface area contributed by atoms with E-state index in [1.54, 1.807) is 0 Å². The molecule has 2 nitrogen and oxygen atoms in total. The molecule has 1 heterocycles. The summed E-state index contributed by atoms with van der Waals surface area (Å²) < 4.78 is 7.14. The lowest BCUT2D eigenvalue weighted by molar-refractivity contribution is 0.670. The summed E-state index contributed by atoms with van der Waals surface area (Å²) in [6, 6.07) is 85.3. The minimum Gasteiger partial charge on any atom is -0.453 e. The third kappa shape index (κ3) is 6.20. The van der Waals surface area contributed by atoms with Crippen LogP contribution in [0, 0.1) is 0 Å². The van der Waals surface area contributed by atoms with Crippen molar-refractivity contribution in [3.8, 4) is 44.5 Å². The lowest BCUT2D eigenvalue weighted by atomic mass is 9.96. The van der Waals surface area contributed by atoms with Gasteiger partial charge in [-0.3, -0.25) is 0 Å². The van der Waals surface area contributed by atoms with Gasteiger partial charge in [-0.25, -0.2) is 0 Å². The SMILES string of the molecule is c1ccc(-c2ccc(N(c3ccc(-c4ccc5cc(-c6ccc7ccccc7c6)ccc5c4)cc3)c3cccc4c3oc3c(-c5ccccc5)cc5ccccc5c34)cc2)cc1. The minimum absolute atomic E-state index is 0.852. The first-order valence-electron chi connectivity index (χ1n) is 21.2. The molecule has 0 fully saturated rings. The summed E-state index contributed by atoms with van der Waals surface area (Å²) in [5.41, 5.74) is 14.2. The second-order valence-electron chi connectivity index (χ2n) is 16.1. The molecule has 1 aromatic heterocycles. The van der Waals surface area contributed by atoms with Crippen LogP contribution in [0.3, 0.4) is 0 Å². The van der Waals surface area contributed by atoms with E-state index in [0.29, 0.717) is 0 Å². The van der Waals surface area contributed by atoms with Crippen molar-refractivity contribution in [2.75, 3.05) is 4.90 Å². The number of furan rings is 1. The maximum Gasteiger partial charge on any atom is 0.159 e. The average molecular weight is 790 g/mol. The molecule has 0 bridgehead atoms. The van der Waals surface area contributed by atoms with Crippen LogP contribution in [-0.2, 0) is 0 Å². The van der Waals surface area contributed by atoms with Gasteiger partial charge in [-0.05, 0) is 126 Å². The van der Waals surface area contributed by atoms with Crippen LogP contribution in [0.25, 0.3) is 98.8 Å². The Morgan fingerprint density at radius 3 is 1.37 bits per heavy atom. The first-order chi connectivity index (χ1) is 30.7. The topological polar surface area (TPSA) is 16.4 Å². The standard InChI is InChI=1S/C60H39NO/c1-3-12-40(13-4-1)42-28-32-52(33-29-42)61(57-21-11-20-55-58-54-19-10-9-18-51(54)39-56(60(58)62-59(55)57)44-15-5-2-6-16-44)53-34-30-43(31-35-53)46-24-25-49-38-50(27-26-48(49)37-46)47-23-22-41-14-7-8-17-45(41)36-47/h1-39H. The maximum atomic E-state index is 7.14. The van der Waals surface area contributed by atoms with E-state index in [4.69, 9.17) is 4.42 Å². The number of para-hydroxylation sites is 1. The summed E-state index contributed by atoms with van der Waals surface area (Å²) in [6.45, 7) is 0. The Hall–Kier alpha value is -8.20. The summed E-state index contributed by atoms with van der Waals surface area (Å²) in [4.78, 5) is 2.34. The van der Waals surface area contributed by atoms with Gasteiger partial charge < -0.3 is 9.32 Å². The molecular weight excluding hydrogens is 751 g/mol. The van der Waals surface area contributed by atoms with Crippen molar-refractivity contribution in [2.45, 2.75) is 0 Å². The van der Waals surface area contributed by atoms with E-state index in [0.717, 1.165) is 55.7 Å². The molecule has 12 rings (SSSR count). The third-order valence-corrected chi connectivity index (χ3v) is 12.4. The second-order valence-corrected chi connectivity index (χ2v) is 16.1. The van der Waals surface area contributed by atoms with Crippen molar-refractivity contribution < 1.29 is 4.42 Å². The Morgan fingerprint density at radius 1 is 0.274 bits per heavy atom. The Balaban J connectivity index is 0.970. The van der Waals surface area contributed by atoms with Crippen molar-refractivity contribution >= 4 is 71.3 Å². The highest BCUT2D eigenvalue weighted by atomic mass is 16.3. The van der Waals surface area contributed by atoms with E-state index < -0.39 is 0 Å². The Kier molecular flexibility index (Phi) is 8.53. The number of benzene rings is 11. The van der Waals surface area contributed by atoms with Gasteiger partial charge in [-0.2, -0.15) is 0 Å². The Labute approximate surface area is 360 Å².